The van der Waals surface area contributed by atoms with Gasteiger partial charge in [0.05, 0.1) is 7.11 Å². The third-order valence-corrected chi connectivity index (χ3v) is 3.53. The van der Waals surface area contributed by atoms with Crippen LogP contribution >= 0.6 is 11.6 Å². The van der Waals surface area contributed by atoms with Crippen LogP contribution in [-0.4, -0.2) is 13.2 Å². The van der Waals surface area contributed by atoms with Gasteiger partial charge in [0.15, 0.2) is 0 Å². The molecule has 0 aliphatic carbocycles. The minimum Gasteiger partial charge on any atom is -0.496 e. The van der Waals surface area contributed by atoms with E-state index in [9.17, 15) is 4.39 Å². The standard InChI is InChI=1S/C16H17ClFNO/c1-20-16-5-3-2-4-11(16)9-14(19)10-12-8-13(18)6-7-15(12)17/h2-8,14H,9-10,19H2,1H3. The van der Waals surface area contributed by atoms with E-state index in [1.54, 1.807) is 13.2 Å². The van der Waals surface area contributed by atoms with Gasteiger partial charge in [-0.05, 0) is 48.2 Å². The highest BCUT2D eigenvalue weighted by Crippen LogP contribution is 2.22. The highest BCUT2D eigenvalue weighted by Gasteiger charge is 2.11. The second-order valence-corrected chi connectivity index (χ2v) is 5.12. The Kier molecular flexibility index (Phi) is 4.99. The van der Waals surface area contributed by atoms with Crippen molar-refractivity contribution in [2.75, 3.05) is 7.11 Å². The largest absolute Gasteiger partial charge is 0.496 e. The molecule has 0 aromatic heterocycles. The number of hydrogen-bond donors (Lipinski definition) is 1. The van der Waals surface area contributed by atoms with Crippen molar-refractivity contribution in [2.24, 2.45) is 5.73 Å². The highest BCUT2D eigenvalue weighted by atomic mass is 35.5. The molecule has 1 unspecified atom stereocenters. The first kappa shape index (κ1) is 14.8. The SMILES string of the molecule is COc1ccccc1CC(N)Cc1cc(F)ccc1Cl. The lowest BCUT2D eigenvalue weighted by atomic mass is 9.99. The van der Waals surface area contributed by atoms with Gasteiger partial charge in [0, 0.05) is 11.1 Å². The van der Waals surface area contributed by atoms with Crippen molar-refractivity contribution in [2.45, 2.75) is 18.9 Å². The Labute approximate surface area is 123 Å². The van der Waals surface area contributed by atoms with Crippen LogP contribution < -0.4 is 10.5 Å². The number of para-hydroxylation sites is 1. The van der Waals surface area contributed by atoms with Gasteiger partial charge in [0.1, 0.15) is 11.6 Å². The molecule has 2 rings (SSSR count). The van der Waals surface area contributed by atoms with Crippen LogP contribution in [0.2, 0.25) is 5.02 Å². The summed E-state index contributed by atoms with van der Waals surface area (Å²) in [5.41, 5.74) is 7.91. The van der Waals surface area contributed by atoms with Crippen LogP contribution in [0.4, 0.5) is 4.39 Å². The van der Waals surface area contributed by atoms with E-state index in [-0.39, 0.29) is 11.9 Å². The van der Waals surface area contributed by atoms with E-state index < -0.39 is 0 Å². The van der Waals surface area contributed by atoms with Crippen LogP contribution in [0, 0.1) is 5.82 Å². The molecule has 0 bridgehead atoms. The van der Waals surface area contributed by atoms with Gasteiger partial charge in [-0.25, -0.2) is 4.39 Å². The molecule has 2 aromatic rings. The molecule has 0 saturated heterocycles. The first-order valence-electron chi connectivity index (χ1n) is 6.41. The minimum atomic E-state index is -0.297. The van der Waals surface area contributed by atoms with Crippen LogP contribution in [0.1, 0.15) is 11.1 Å². The van der Waals surface area contributed by atoms with E-state index in [1.165, 1.54) is 12.1 Å². The Morgan fingerprint density at radius 1 is 1.15 bits per heavy atom. The van der Waals surface area contributed by atoms with Gasteiger partial charge in [0.2, 0.25) is 0 Å². The zero-order valence-electron chi connectivity index (χ0n) is 11.3. The normalized spacial score (nSPS) is 12.2. The predicted molar refractivity (Wildman–Crippen MR) is 79.8 cm³/mol. The molecule has 2 N–H and O–H groups in total. The van der Waals surface area contributed by atoms with Gasteiger partial charge in [-0.15, -0.1) is 0 Å². The van der Waals surface area contributed by atoms with Gasteiger partial charge < -0.3 is 10.5 Å². The Bertz CT molecular complexity index is 588. The van der Waals surface area contributed by atoms with Gasteiger partial charge in [-0.2, -0.15) is 0 Å². The Morgan fingerprint density at radius 3 is 2.60 bits per heavy atom. The molecular formula is C16H17ClFNO. The smallest absolute Gasteiger partial charge is 0.123 e. The molecule has 0 aliphatic rings. The molecule has 4 heteroatoms. The molecule has 2 nitrogen and oxygen atoms in total. The minimum absolute atomic E-state index is 0.148. The number of halogens is 2. The lowest BCUT2D eigenvalue weighted by molar-refractivity contribution is 0.407. The molecule has 0 saturated carbocycles. The Morgan fingerprint density at radius 2 is 1.85 bits per heavy atom. The molecule has 0 amide bonds. The summed E-state index contributed by atoms with van der Waals surface area (Å²) in [6, 6.07) is 11.9. The zero-order valence-corrected chi connectivity index (χ0v) is 12.0. The second-order valence-electron chi connectivity index (χ2n) is 4.72. The second kappa shape index (κ2) is 6.73. The maximum atomic E-state index is 13.2. The number of methoxy groups -OCH3 is 1. The van der Waals surface area contributed by atoms with E-state index in [0.29, 0.717) is 17.9 Å². The monoisotopic (exact) mass is 293 g/mol. The van der Waals surface area contributed by atoms with E-state index in [0.717, 1.165) is 16.9 Å². The Balaban J connectivity index is 2.09. The van der Waals surface area contributed by atoms with Gasteiger partial charge in [-0.3, -0.25) is 0 Å². The summed E-state index contributed by atoms with van der Waals surface area (Å²) in [7, 11) is 1.63. The van der Waals surface area contributed by atoms with E-state index in [4.69, 9.17) is 22.1 Å². The van der Waals surface area contributed by atoms with Crippen molar-refractivity contribution in [1.82, 2.24) is 0 Å². The summed E-state index contributed by atoms with van der Waals surface area (Å²) >= 11 is 6.05. The number of hydrogen-bond acceptors (Lipinski definition) is 2. The number of benzene rings is 2. The van der Waals surface area contributed by atoms with Crippen LogP contribution in [0.3, 0.4) is 0 Å². The summed E-state index contributed by atoms with van der Waals surface area (Å²) in [6.45, 7) is 0. The fraction of sp³-hybridized carbons (Fsp3) is 0.250. The van der Waals surface area contributed by atoms with Crippen molar-refractivity contribution >= 4 is 11.6 Å². The maximum Gasteiger partial charge on any atom is 0.123 e. The maximum absolute atomic E-state index is 13.2. The molecule has 0 aliphatic heterocycles. The van der Waals surface area contributed by atoms with Gasteiger partial charge in [0.25, 0.3) is 0 Å². The molecule has 0 heterocycles. The van der Waals surface area contributed by atoms with Crippen molar-refractivity contribution in [3.63, 3.8) is 0 Å². The van der Waals surface area contributed by atoms with Crippen molar-refractivity contribution in [3.05, 3.63) is 64.4 Å². The average molecular weight is 294 g/mol. The van der Waals surface area contributed by atoms with Crippen LogP contribution in [0.25, 0.3) is 0 Å². The fourth-order valence-corrected chi connectivity index (χ4v) is 2.40. The number of nitrogens with two attached hydrogens (primary N) is 1. The van der Waals surface area contributed by atoms with Crippen molar-refractivity contribution in [1.29, 1.82) is 0 Å². The first-order chi connectivity index (χ1) is 9.60. The first-order valence-corrected chi connectivity index (χ1v) is 6.79. The molecule has 0 spiro atoms. The fourth-order valence-electron chi connectivity index (χ4n) is 2.21. The quantitative estimate of drug-likeness (QED) is 0.914. The van der Waals surface area contributed by atoms with Gasteiger partial charge >= 0.3 is 0 Å². The lowest BCUT2D eigenvalue weighted by Crippen LogP contribution is -2.26. The van der Waals surface area contributed by atoms with E-state index in [1.807, 2.05) is 24.3 Å². The van der Waals surface area contributed by atoms with Crippen LogP contribution in [-0.2, 0) is 12.8 Å². The van der Waals surface area contributed by atoms with Crippen molar-refractivity contribution < 1.29 is 9.13 Å². The zero-order chi connectivity index (χ0) is 14.5. The number of ether oxygens (including phenoxy) is 1. The molecular weight excluding hydrogens is 277 g/mol. The highest BCUT2D eigenvalue weighted by molar-refractivity contribution is 6.31. The summed E-state index contributed by atoms with van der Waals surface area (Å²) in [6.07, 6.45) is 1.17. The Hall–Kier alpha value is -1.58. The summed E-state index contributed by atoms with van der Waals surface area (Å²) < 4.78 is 18.5. The van der Waals surface area contributed by atoms with E-state index >= 15 is 0 Å². The van der Waals surface area contributed by atoms with E-state index in [2.05, 4.69) is 0 Å². The third kappa shape index (κ3) is 3.71. The molecule has 2 aromatic carbocycles. The molecule has 0 fully saturated rings. The van der Waals surface area contributed by atoms with Crippen molar-refractivity contribution in [3.8, 4) is 5.75 Å². The summed E-state index contributed by atoms with van der Waals surface area (Å²) in [5.74, 6) is 0.516. The van der Waals surface area contributed by atoms with Crippen LogP contribution in [0.15, 0.2) is 42.5 Å². The summed E-state index contributed by atoms with van der Waals surface area (Å²) in [5, 5.41) is 0.543. The predicted octanol–water partition coefficient (Wildman–Crippen LogP) is 3.60. The molecule has 106 valence electrons. The third-order valence-electron chi connectivity index (χ3n) is 3.16. The molecule has 20 heavy (non-hydrogen) atoms. The molecule has 0 radical (unpaired) electrons. The topological polar surface area (TPSA) is 35.2 Å². The summed E-state index contributed by atoms with van der Waals surface area (Å²) in [4.78, 5) is 0. The van der Waals surface area contributed by atoms with Crippen LogP contribution in [0.5, 0.6) is 5.75 Å². The average Bonchev–Trinajstić information content (AvgIpc) is 2.43. The number of rotatable bonds is 5. The molecule has 1 atom stereocenters. The lowest BCUT2D eigenvalue weighted by Gasteiger charge is -2.15. The van der Waals surface area contributed by atoms with Gasteiger partial charge in [-0.1, -0.05) is 29.8 Å².